The molecule has 0 aliphatic heterocycles. The Morgan fingerprint density at radius 2 is 0.806 bits per heavy atom. The van der Waals surface area contributed by atoms with Gasteiger partial charge < -0.3 is 25.4 Å². The number of aliphatic hydroxyl groups is 1. The van der Waals surface area contributed by atoms with Crippen LogP contribution in [0.1, 0.15) is 285 Å². The van der Waals surface area contributed by atoms with Gasteiger partial charge in [-0.25, -0.2) is 0 Å². The van der Waals surface area contributed by atoms with Crippen molar-refractivity contribution in [2.75, 3.05) is 52.9 Å². The number of likely N-dealkylation sites (N-methyl/N-ethyl adjacent to an activating group) is 1. The van der Waals surface area contributed by atoms with E-state index in [2.05, 4.69) is 57.2 Å². The third-order valence-electron chi connectivity index (χ3n) is 12.6. The summed E-state index contributed by atoms with van der Waals surface area (Å²) in [6.45, 7) is 18.5. The van der Waals surface area contributed by atoms with Gasteiger partial charge in [0.05, 0.1) is 12.0 Å². The van der Waals surface area contributed by atoms with Gasteiger partial charge in [-0.15, -0.1) is 13.1 Å². The molecule has 2 N–H and O–H groups in total. The van der Waals surface area contributed by atoms with Crippen molar-refractivity contribution in [3.8, 4) is 0 Å². The molecule has 1 aliphatic carbocycles. The second kappa shape index (κ2) is 59.4. The zero-order valence-corrected chi connectivity index (χ0v) is 46.3. The summed E-state index contributed by atoms with van der Waals surface area (Å²) in [7, 11) is 2.10. The molecule has 0 aromatic carbocycles. The van der Waals surface area contributed by atoms with Crippen LogP contribution in [0.4, 0.5) is 0 Å². The Balaban J connectivity index is -0.000000842. The third-order valence-corrected chi connectivity index (χ3v) is 12.6. The standard InChI is InChI=1S/C19H37NO3.C18H39N.C18H38N.Y/c1-3-4-5-6-7-8-9-14-20(2)15-16-23-19(22)17-10-12-18(21)13-11-17;2*1-3-5-7-9-11-13-15-17-19-18-16-14-12-10-8-6-4-2;/h17-18,21H,3-16H2,1-2H3;19H,3-18H2,1-2H3;3-18H2,1-2H3;/q;;-1;. The number of unbranched alkanes of at least 4 members (excludes halogenated alkanes) is 30. The van der Waals surface area contributed by atoms with Crippen molar-refractivity contribution in [1.82, 2.24) is 10.2 Å². The first-order valence-corrected chi connectivity index (χ1v) is 27.8. The van der Waals surface area contributed by atoms with Gasteiger partial charge >= 0.3 is 5.97 Å². The molecule has 1 radical (unpaired) electrons. The SMILES string of the molecule is CCCCCCCCCN(C)CCOC(=O)C1CCC(O)CC1.CCCCCCCCCNCCCCCCCCC.CCCCCCCCC[N-]CCCCCCCCC.[Y]. The van der Waals surface area contributed by atoms with Crippen LogP contribution in [0, 0.1) is 5.92 Å². The number of nitrogens with zero attached hydrogens (tertiary/aromatic N) is 2. The van der Waals surface area contributed by atoms with E-state index in [1.165, 1.54) is 238 Å². The number of esters is 1. The van der Waals surface area contributed by atoms with Gasteiger partial charge in [0, 0.05) is 39.3 Å². The van der Waals surface area contributed by atoms with Crippen LogP contribution < -0.4 is 5.32 Å². The zero-order valence-electron chi connectivity index (χ0n) is 43.4. The molecule has 1 fully saturated rings. The van der Waals surface area contributed by atoms with E-state index in [4.69, 9.17) is 4.74 Å². The Morgan fingerprint density at radius 1 is 0.484 bits per heavy atom. The van der Waals surface area contributed by atoms with Crippen molar-refractivity contribution in [2.45, 2.75) is 291 Å². The first-order chi connectivity index (χ1) is 30.0. The summed E-state index contributed by atoms with van der Waals surface area (Å²) in [5.74, 6) is -0.0620. The van der Waals surface area contributed by atoms with Crippen LogP contribution in [-0.4, -0.2) is 75.0 Å². The van der Waals surface area contributed by atoms with Crippen molar-refractivity contribution in [1.29, 1.82) is 0 Å². The Kier molecular flexibility index (Phi) is 63.9. The van der Waals surface area contributed by atoms with Crippen molar-refractivity contribution >= 4 is 5.97 Å². The molecule has 0 spiro atoms. The van der Waals surface area contributed by atoms with Gasteiger partial charge in [0.15, 0.2) is 0 Å². The largest absolute Gasteiger partial charge is 0.662 e. The molecule has 371 valence electrons. The van der Waals surface area contributed by atoms with Gasteiger partial charge in [0.25, 0.3) is 0 Å². The molecule has 0 heterocycles. The van der Waals surface area contributed by atoms with Crippen LogP contribution in [0.25, 0.3) is 5.32 Å². The molecule has 0 saturated heterocycles. The van der Waals surface area contributed by atoms with Gasteiger partial charge in [-0.05, 0) is 71.6 Å². The summed E-state index contributed by atoms with van der Waals surface area (Å²) in [6, 6.07) is 0. The molecule has 1 aliphatic rings. The number of hydrogen-bond donors (Lipinski definition) is 2. The second-order valence-electron chi connectivity index (χ2n) is 19.0. The topological polar surface area (TPSA) is 75.9 Å². The minimum atomic E-state index is -0.216. The van der Waals surface area contributed by atoms with E-state index in [0.29, 0.717) is 6.61 Å². The number of hydrogen-bond acceptors (Lipinski definition) is 5. The van der Waals surface area contributed by atoms with Crippen molar-refractivity contribution in [3.63, 3.8) is 0 Å². The van der Waals surface area contributed by atoms with Gasteiger partial charge in [0.2, 0.25) is 0 Å². The minimum absolute atomic E-state index is 0. The molecule has 1 rings (SSSR count). The van der Waals surface area contributed by atoms with E-state index in [-0.39, 0.29) is 50.7 Å². The predicted molar refractivity (Wildman–Crippen MR) is 272 cm³/mol. The molecule has 6 nitrogen and oxygen atoms in total. The number of carbonyl (C=O) groups excluding carboxylic acids is 1. The average Bonchev–Trinajstić information content (AvgIpc) is 3.26. The molecule has 7 heteroatoms. The Hall–Kier alpha value is 0.414. The van der Waals surface area contributed by atoms with Crippen molar-refractivity contribution in [2.24, 2.45) is 5.92 Å². The summed E-state index contributed by atoms with van der Waals surface area (Å²) >= 11 is 0. The van der Waals surface area contributed by atoms with Crippen LogP contribution in [0.3, 0.4) is 0 Å². The maximum atomic E-state index is 11.9. The zero-order chi connectivity index (χ0) is 45.0. The fourth-order valence-corrected chi connectivity index (χ4v) is 8.19. The third kappa shape index (κ3) is 56.5. The Morgan fingerprint density at radius 3 is 1.18 bits per heavy atom. The fourth-order valence-electron chi connectivity index (χ4n) is 8.19. The summed E-state index contributed by atoms with van der Waals surface area (Å²) in [4.78, 5) is 14.2. The van der Waals surface area contributed by atoms with E-state index < -0.39 is 0 Å². The number of aliphatic hydroxyl groups excluding tert-OH is 1. The number of nitrogens with one attached hydrogen (secondary N) is 1. The van der Waals surface area contributed by atoms with E-state index in [1.807, 2.05) is 0 Å². The van der Waals surface area contributed by atoms with Crippen molar-refractivity contribution < 1.29 is 47.3 Å². The van der Waals surface area contributed by atoms with Crippen LogP contribution >= 0.6 is 0 Å². The van der Waals surface area contributed by atoms with Crippen LogP contribution in [0.15, 0.2) is 0 Å². The smallest absolute Gasteiger partial charge is 0.308 e. The molecule has 0 aromatic rings. The molecule has 0 unspecified atom stereocenters. The molecule has 62 heavy (non-hydrogen) atoms. The van der Waals surface area contributed by atoms with Gasteiger partial charge in [-0.1, -0.05) is 240 Å². The second-order valence-corrected chi connectivity index (χ2v) is 19.0. The first kappa shape index (κ1) is 66.7. The monoisotopic (exact) mass is 954 g/mol. The van der Waals surface area contributed by atoms with E-state index in [0.717, 1.165) is 51.9 Å². The molecule has 0 bridgehead atoms. The maximum Gasteiger partial charge on any atom is 0.308 e. The first-order valence-electron chi connectivity index (χ1n) is 27.8. The van der Waals surface area contributed by atoms with E-state index in [1.54, 1.807) is 0 Å². The number of rotatable bonds is 44. The van der Waals surface area contributed by atoms with Gasteiger partial charge in [-0.3, -0.25) is 4.79 Å². The molecular weight excluding hydrogens is 840 g/mol. The number of ether oxygens (including phenoxy) is 1. The van der Waals surface area contributed by atoms with Crippen LogP contribution in [0.2, 0.25) is 0 Å². The Bertz CT molecular complexity index is 732. The predicted octanol–water partition coefficient (Wildman–Crippen LogP) is 16.7. The number of carbonyl (C=O) groups is 1. The molecular formula is C55H114N3O3Y-. The Labute approximate surface area is 416 Å². The molecule has 0 aromatic heterocycles. The van der Waals surface area contributed by atoms with Crippen LogP contribution in [-0.2, 0) is 42.2 Å². The molecule has 1 saturated carbocycles. The van der Waals surface area contributed by atoms with Gasteiger partial charge in [0.1, 0.15) is 6.61 Å². The average molecular weight is 954 g/mol. The van der Waals surface area contributed by atoms with Crippen molar-refractivity contribution in [3.05, 3.63) is 5.32 Å². The quantitative estimate of drug-likeness (QED) is 0.0470. The molecule has 0 amide bonds. The minimum Gasteiger partial charge on any atom is -0.662 e. The van der Waals surface area contributed by atoms with E-state index in [9.17, 15) is 9.90 Å². The van der Waals surface area contributed by atoms with Gasteiger partial charge in [-0.2, -0.15) is 0 Å². The summed E-state index contributed by atoms with van der Waals surface area (Å²) < 4.78 is 5.40. The fraction of sp³-hybridized carbons (Fsp3) is 0.982. The molecule has 0 atom stereocenters. The normalized spacial score (nSPS) is 14.8. The van der Waals surface area contributed by atoms with E-state index >= 15 is 0 Å². The maximum absolute atomic E-state index is 11.9. The summed E-state index contributed by atoms with van der Waals surface area (Å²) in [6.07, 6.45) is 51.5. The summed E-state index contributed by atoms with van der Waals surface area (Å²) in [5.41, 5.74) is 0. The van der Waals surface area contributed by atoms with Crippen LogP contribution in [0.5, 0.6) is 0 Å². The summed E-state index contributed by atoms with van der Waals surface area (Å²) in [5, 5.41) is 17.7.